The first-order valence-corrected chi connectivity index (χ1v) is 11.1. The molecular formula is C20H22N2O3S2. The molecule has 0 amide bonds. The molecule has 0 saturated heterocycles. The third kappa shape index (κ3) is 4.48. The molecule has 1 N–H and O–H groups in total. The average Bonchev–Trinajstić information content (AvgIpc) is 3.09. The SMILES string of the molecule is CCOc1ccc(-c2csc(C)n2)cc1S(=O)(=O)Nc1ccc(CC)cc1. The Balaban J connectivity index is 2.00. The van der Waals surface area contributed by atoms with Crippen molar-refractivity contribution in [3.05, 3.63) is 58.4 Å². The molecule has 0 atom stereocenters. The summed E-state index contributed by atoms with van der Waals surface area (Å²) in [6.07, 6.45) is 0.899. The van der Waals surface area contributed by atoms with Crippen LogP contribution in [0.3, 0.4) is 0 Å². The molecule has 3 aromatic rings. The Morgan fingerprint density at radius 3 is 2.44 bits per heavy atom. The van der Waals surface area contributed by atoms with E-state index in [9.17, 15) is 8.42 Å². The molecule has 7 heteroatoms. The van der Waals surface area contributed by atoms with Gasteiger partial charge in [0.1, 0.15) is 10.6 Å². The van der Waals surface area contributed by atoms with Gasteiger partial charge in [-0.25, -0.2) is 13.4 Å². The number of sulfonamides is 1. The van der Waals surface area contributed by atoms with Crippen molar-refractivity contribution in [2.75, 3.05) is 11.3 Å². The second-order valence-corrected chi connectivity index (χ2v) is 8.72. The largest absolute Gasteiger partial charge is 0.492 e. The normalized spacial score (nSPS) is 11.4. The fraction of sp³-hybridized carbons (Fsp3) is 0.250. The van der Waals surface area contributed by atoms with E-state index in [1.807, 2.05) is 37.4 Å². The van der Waals surface area contributed by atoms with E-state index in [2.05, 4.69) is 16.6 Å². The maximum atomic E-state index is 13.0. The standard InChI is InChI=1S/C20H22N2O3S2/c1-4-15-6-9-17(10-7-15)22-27(23,24)20-12-16(8-11-19(20)25-5-2)18-13-26-14(3)21-18/h6-13,22H,4-5H2,1-3H3. The highest BCUT2D eigenvalue weighted by molar-refractivity contribution is 7.92. The highest BCUT2D eigenvalue weighted by Crippen LogP contribution is 2.32. The minimum atomic E-state index is -3.81. The Labute approximate surface area is 164 Å². The van der Waals surface area contributed by atoms with Crippen LogP contribution in [0.2, 0.25) is 0 Å². The van der Waals surface area contributed by atoms with Gasteiger partial charge in [0.05, 0.1) is 17.3 Å². The summed E-state index contributed by atoms with van der Waals surface area (Å²) in [4.78, 5) is 4.55. The van der Waals surface area contributed by atoms with Crippen molar-refractivity contribution in [3.63, 3.8) is 0 Å². The molecule has 142 valence electrons. The molecule has 1 heterocycles. The Morgan fingerprint density at radius 2 is 1.85 bits per heavy atom. The summed E-state index contributed by atoms with van der Waals surface area (Å²) in [5, 5.41) is 2.84. The number of aromatic nitrogens is 1. The van der Waals surface area contributed by atoms with Crippen LogP contribution in [0.4, 0.5) is 5.69 Å². The lowest BCUT2D eigenvalue weighted by atomic mass is 10.2. The first kappa shape index (κ1) is 19.4. The van der Waals surface area contributed by atoms with Crippen LogP contribution in [0, 0.1) is 6.92 Å². The van der Waals surface area contributed by atoms with Crippen molar-refractivity contribution in [2.45, 2.75) is 32.1 Å². The van der Waals surface area contributed by atoms with E-state index in [1.165, 1.54) is 11.3 Å². The van der Waals surface area contributed by atoms with Crippen molar-refractivity contribution < 1.29 is 13.2 Å². The van der Waals surface area contributed by atoms with E-state index < -0.39 is 10.0 Å². The zero-order valence-corrected chi connectivity index (χ0v) is 17.2. The highest BCUT2D eigenvalue weighted by atomic mass is 32.2. The number of thiazole rings is 1. The van der Waals surface area contributed by atoms with E-state index in [4.69, 9.17) is 4.74 Å². The van der Waals surface area contributed by atoms with Gasteiger partial charge in [0.2, 0.25) is 0 Å². The molecule has 0 aliphatic carbocycles. The molecule has 0 bridgehead atoms. The molecule has 0 radical (unpaired) electrons. The number of ether oxygens (including phenoxy) is 1. The number of anilines is 1. The molecule has 0 spiro atoms. The van der Waals surface area contributed by atoms with Crippen molar-refractivity contribution in [1.29, 1.82) is 0 Å². The predicted octanol–water partition coefficient (Wildman–Crippen LogP) is 4.88. The Morgan fingerprint density at radius 1 is 1.11 bits per heavy atom. The van der Waals surface area contributed by atoms with Gasteiger partial charge in [0.15, 0.2) is 0 Å². The first-order valence-electron chi connectivity index (χ1n) is 8.74. The number of nitrogens with one attached hydrogen (secondary N) is 1. The Hall–Kier alpha value is -2.38. The average molecular weight is 403 g/mol. The zero-order valence-electron chi connectivity index (χ0n) is 15.5. The van der Waals surface area contributed by atoms with Crippen molar-refractivity contribution >= 4 is 27.0 Å². The quantitative estimate of drug-likeness (QED) is 0.611. The minimum Gasteiger partial charge on any atom is -0.492 e. The lowest BCUT2D eigenvalue weighted by molar-refractivity contribution is 0.331. The lowest BCUT2D eigenvalue weighted by Gasteiger charge is -2.14. The highest BCUT2D eigenvalue weighted by Gasteiger charge is 2.21. The van der Waals surface area contributed by atoms with Gasteiger partial charge in [-0.15, -0.1) is 11.3 Å². The monoisotopic (exact) mass is 402 g/mol. The summed E-state index contributed by atoms with van der Waals surface area (Å²) in [6, 6.07) is 12.5. The van der Waals surface area contributed by atoms with Crippen LogP contribution in [0.15, 0.2) is 52.7 Å². The number of benzene rings is 2. The first-order chi connectivity index (χ1) is 12.9. The third-order valence-electron chi connectivity index (χ3n) is 4.06. The second kappa shape index (κ2) is 8.10. The van der Waals surface area contributed by atoms with Crippen LogP contribution in [-0.4, -0.2) is 20.0 Å². The van der Waals surface area contributed by atoms with Gasteiger partial charge < -0.3 is 4.74 Å². The third-order valence-corrected chi connectivity index (χ3v) is 6.24. The van der Waals surface area contributed by atoms with Gasteiger partial charge in [0.25, 0.3) is 10.0 Å². The van der Waals surface area contributed by atoms with Gasteiger partial charge in [-0.2, -0.15) is 0 Å². The Kier molecular flexibility index (Phi) is 5.82. The van der Waals surface area contributed by atoms with Crippen LogP contribution in [0.5, 0.6) is 5.75 Å². The molecule has 1 aromatic heterocycles. The second-order valence-electron chi connectivity index (χ2n) is 6.00. The molecule has 0 saturated carbocycles. The molecule has 0 fully saturated rings. The van der Waals surface area contributed by atoms with Crippen LogP contribution in [-0.2, 0) is 16.4 Å². The summed E-state index contributed by atoms with van der Waals surface area (Å²) >= 11 is 1.53. The van der Waals surface area contributed by atoms with E-state index in [1.54, 1.807) is 24.3 Å². The zero-order chi connectivity index (χ0) is 19.4. The molecule has 27 heavy (non-hydrogen) atoms. The smallest absolute Gasteiger partial charge is 0.265 e. The number of hydrogen-bond acceptors (Lipinski definition) is 5. The summed E-state index contributed by atoms with van der Waals surface area (Å²) in [5.74, 6) is 0.325. The minimum absolute atomic E-state index is 0.104. The molecule has 5 nitrogen and oxygen atoms in total. The van der Waals surface area contributed by atoms with Crippen molar-refractivity contribution in [1.82, 2.24) is 4.98 Å². The summed E-state index contributed by atoms with van der Waals surface area (Å²) < 4.78 is 34.3. The van der Waals surface area contributed by atoms with Crippen LogP contribution >= 0.6 is 11.3 Å². The van der Waals surface area contributed by atoms with Gasteiger partial charge >= 0.3 is 0 Å². The van der Waals surface area contributed by atoms with Crippen LogP contribution in [0.25, 0.3) is 11.3 Å². The van der Waals surface area contributed by atoms with Crippen LogP contribution < -0.4 is 9.46 Å². The number of rotatable bonds is 7. The number of hydrogen-bond donors (Lipinski definition) is 1. The topological polar surface area (TPSA) is 68.3 Å². The number of aryl methyl sites for hydroxylation is 2. The predicted molar refractivity (Wildman–Crippen MR) is 110 cm³/mol. The lowest BCUT2D eigenvalue weighted by Crippen LogP contribution is -2.14. The van der Waals surface area contributed by atoms with Crippen molar-refractivity contribution in [3.8, 4) is 17.0 Å². The van der Waals surface area contributed by atoms with E-state index in [-0.39, 0.29) is 4.90 Å². The fourth-order valence-corrected chi connectivity index (χ4v) is 4.52. The van der Waals surface area contributed by atoms with Gasteiger partial charge in [-0.05, 0) is 56.2 Å². The maximum absolute atomic E-state index is 13.0. The summed E-state index contributed by atoms with van der Waals surface area (Å²) in [5.41, 5.74) is 3.16. The van der Waals surface area contributed by atoms with Gasteiger partial charge in [-0.1, -0.05) is 19.1 Å². The fourth-order valence-electron chi connectivity index (χ4n) is 2.67. The molecular weight excluding hydrogens is 380 g/mol. The molecule has 0 aliphatic heterocycles. The van der Waals surface area contributed by atoms with E-state index in [0.717, 1.165) is 28.2 Å². The maximum Gasteiger partial charge on any atom is 0.265 e. The summed E-state index contributed by atoms with van der Waals surface area (Å²) in [6.45, 7) is 6.18. The van der Waals surface area contributed by atoms with E-state index in [0.29, 0.717) is 18.0 Å². The summed E-state index contributed by atoms with van der Waals surface area (Å²) in [7, 11) is -3.81. The Bertz CT molecular complexity index is 1030. The molecule has 3 rings (SSSR count). The van der Waals surface area contributed by atoms with Crippen molar-refractivity contribution in [2.24, 2.45) is 0 Å². The van der Waals surface area contributed by atoms with Gasteiger partial charge in [0, 0.05) is 16.6 Å². The number of nitrogens with zero attached hydrogens (tertiary/aromatic N) is 1. The van der Waals surface area contributed by atoms with E-state index >= 15 is 0 Å². The molecule has 0 aliphatic rings. The molecule has 0 unspecified atom stereocenters. The van der Waals surface area contributed by atoms with Crippen LogP contribution in [0.1, 0.15) is 24.4 Å². The van der Waals surface area contributed by atoms with Gasteiger partial charge in [-0.3, -0.25) is 4.72 Å². The molecule has 2 aromatic carbocycles.